The van der Waals surface area contributed by atoms with Crippen LogP contribution in [-0.4, -0.2) is 130 Å². The first-order valence-electron chi connectivity index (χ1n) is 35.7. The highest BCUT2D eigenvalue weighted by molar-refractivity contribution is 6.09. The Bertz CT molecular complexity index is 3210. The lowest BCUT2D eigenvalue weighted by molar-refractivity contribution is -0.174. The quantitative estimate of drug-likeness (QED) is 0.119. The molecule has 0 aromatic heterocycles. The molecule has 4 heterocycles. The summed E-state index contributed by atoms with van der Waals surface area (Å²) in [5.41, 5.74) is 17.0. The van der Waals surface area contributed by atoms with Crippen molar-refractivity contribution in [2.24, 2.45) is 75.7 Å². The Labute approximate surface area is 540 Å². The number of ether oxygens (including phenoxy) is 2. The summed E-state index contributed by atoms with van der Waals surface area (Å²) in [4.78, 5) is 43.9. The molecular formula is C77H105F3N4O7. The summed E-state index contributed by atoms with van der Waals surface area (Å²) >= 11 is 0. The van der Waals surface area contributed by atoms with Crippen molar-refractivity contribution in [1.82, 2.24) is 15.1 Å². The van der Waals surface area contributed by atoms with Gasteiger partial charge in [0.1, 0.15) is 0 Å². The molecule has 2 spiro atoms. The molecule has 91 heavy (non-hydrogen) atoms. The molecule has 0 radical (unpaired) electrons. The molecule has 5 N–H and O–H groups in total. The Morgan fingerprint density at radius 1 is 0.670 bits per heavy atom. The minimum Gasteiger partial charge on any atom is -0.393 e. The molecular weight excluding hydrogens is 1150 g/mol. The van der Waals surface area contributed by atoms with Gasteiger partial charge in [-0.3, -0.25) is 24.2 Å². The van der Waals surface area contributed by atoms with Gasteiger partial charge in [0.15, 0.2) is 11.6 Å². The topological polar surface area (TPSA) is 155 Å². The van der Waals surface area contributed by atoms with Gasteiger partial charge < -0.3 is 30.7 Å². The van der Waals surface area contributed by atoms with Crippen LogP contribution in [0.2, 0.25) is 0 Å². The fraction of sp³-hybridized carbons (Fsp3) is 0.701. The highest BCUT2D eigenvalue weighted by Crippen LogP contribution is 2.67. The number of rotatable bonds is 12. The number of Topliss-reactive ketones (excluding diaryl/α,β-unsaturated/α-hetero) is 1. The summed E-state index contributed by atoms with van der Waals surface area (Å²) in [6.07, 6.45) is 17.6. The summed E-state index contributed by atoms with van der Waals surface area (Å²) in [6, 6.07) is 14.6. The molecule has 12 aliphatic rings. The first kappa shape index (κ1) is 65.4. The van der Waals surface area contributed by atoms with Crippen molar-refractivity contribution in [3.05, 3.63) is 117 Å². The van der Waals surface area contributed by atoms with Gasteiger partial charge in [-0.05, 0) is 211 Å². The number of nitrogens with zero attached hydrogens (tertiary/aromatic N) is 2. The molecule has 21 atom stereocenters. The number of aliphatic hydroxyl groups is 2. The number of nitrogens with one attached hydrogen (secondary N) is 1. The Hall–Kier alpha value is -4.28. The molecule has 4 saturated carbocycles. The smallest absolute Gasteiger partial charge is 0.393 e. The van der Waals surface area contributed by atoms with E-state index >= 15 is 0 Å². The van der Waals surface area contributed by atoms with Crippen LogP contribution < -0.4 is 11.1 Å². The molecule has 14 rings (SSSR count). The van der Waals surface area contributed by atoms with E-state index in [2.05, 4.69) is 77.3 Å². The van der Waals surface area contributed by atoms with E-state index < -0.39 is 23.9 Å². The van der Waals surface area contributed by atoms with Gasteiger partial charge in [-0.1, -0.05) is 131 Å². The number of alkyl halides is 3. The van der Waals surface area contributed by atoms with Gasteiger partial charge in [0.2, 0.25) is 0 Å². The summed E-state index contributed by atoms with van der Waals surface area (Å²) < 4.78 is 54.8. The lowest BCUT2D eigenvalue weighted by Gasteiger charge is -2.49. The zero-order valence-electron chi connectivity index (χ0n) is 55.7. The second-order valence-electron chi connectivity index (χ2n) is 31.9. The van der Waals surface area contributed by atoms with Crippen LogP contribution in [0.5, 0.6) is 0 Å². The average Bonchev–Trinajstić information content (AvgIpc) is 1.57. The van der Waals surface area contributed by atoms with Crippen molar-refractivity contribution in [2.45, 2.75) is 237 Å². The van der Waals surface area contributed by atoms with Crippen molar-refractivity contribution in [3.8, 4) is 0 Å². The van der Waals surface area contributed by atoms with E-state index in [9.17, 15) is 37.8 Å². The summed E-state index contributed by atoms with van der Waals surface area (Å²) in [5.74, 6) is 3.20. The highest BCUT2D eigenvalue weighted by atomic mass is 19.4. The van der Waals surface area contributed by atoms with Crippen LogP contribution in [0.25, 0.3) is 0 Å². The van der Waals surface area contributed by atoms with Gasteiger partial charge >= 0.3 is 12.1 Å². The Morgan fingerprint density at radius 3 is 1.64 bits per heavy atom. The van der Waals surface area contributed by atoms with E-state index in [1.807, 2.05) is 11.4 Å². The highest BCUT2D eigenvalue weighted by Gasteiger charge is 2.64. The zero-order chi connectivity index (χ0) is 64.3. The second kappa shape index (κ2) is 25.0. The number of benzene rings is 2. The van der Waals surface area contributed by atoms with Gasteiger partial charge in [0.25, 0.3) is 0 Å². The number of nitrogens with two attached hydrogens (primary N) is 1. The number of ketones is 2. The third-order valence-corrected chi connectivity index (χ3v) is 27.1. The number of aliphatic hydroxyl groups excluding tert-OH is 2. The fourth-order valence-electron chi connectivity index (χ4n) is 22.5. The SMILES string of the molecule is CC1=C2C[C@H]3[C@@H](CC=C4C[C@@H](O)CC[C@@]43C)[C@@H]2CC[C@]12O[C@@H]1C[C@H](C)CN(CCCC(=O)[C@H](Cc3ccc(C(=O)c4ccccc4)cc3)NC(=O)C(F)(F)F)[C@H]1[C@H]2C.CC1=C2C[C@H]3[C@@H](CC=C4C[C@@H](O)CC[C@@]43C)[C@@H]2CC[C@]12O[C@@H]1C[C@H](C)CN(CCN)[C@H]1[C@H]2C. The molecule has 8 aliphatic carbocycles. The number of likely N-dealkylation sites (tertiary alicyclic amines) is 2. The summed E-state index contributed by atoms with van der Waals surface area (Å²) in [7, 11) is 0. The van der Waals surface area contributed by atoms with Crippen molar-refractivity contribution in [2.75, 3.05) is 32.7 Å². The Morgan fingerprint density at radius 2 is 1.15 bits per heavy atom. The third kappa shape index (κ3) is 11.5. The van der Waals surface area contributed by atoms with Gasteiger partial charge in [-0.2, -0.15) is 13.2 Å². The van der Waals surface area contributed by atoms with Crippen LogP contribution in [0.3, 0.4) is 0 Å². The molecule has 2 aromatic rings. The normalized spacial score (nSPS) is 41.1. The number of allylic oxidation sites excluding steroid dienone is 4. The third-order valence-electron chi connectivity index (χ3n) is 27.1. The monoisotopic (exact) mass is 1250 g/mol. The summed E-state index contributed by atoms with van der Waals surface area (Å²) in [6.45, 7) is 23.6. The van der Waals surface area contributed by atoms with Crippen LogP contribution in [0.4, 0.5) is 13.2 Å². The Balaban J connectivity index is 0.000000193. The minimum atomic E-state index is -5.13. The maximum Gasteiger partial charge on any atom is 0.471 e. The largest absolute Gasteiger partial charge is 0.471 e. The van der Waals surface area contributed by atoms with Crippen LogP contribution >= 0.6 is 0 Å². The minimum absolute atomic E-state index is 0.0232. The van der Waals surface area contributed by atoms with Crippen molar-refractivity contribution in [1.29, 1.82) is 0 Å². The van der Waals surface area contributed by atoms with E-state index in [0.717, 1.165) is 108 Å². The van der Waals surface area contributed by atoms with Crippen LogP contribution in [0.1, 0.15) is 192 Å². The van der Waals surface area contributed by atoms with Gasteiger partial charge in [-0.25, -0.2) is 0 Å². The Kier molecular flexibility index (Phi) is 18.0. The lowest BCUT2D eigenvalue weighted by Crippen LogP contribution is -2.53. The molecule has 0 bridgehead atoms. The average molecular weight is 1260 g/mol. The molecule has 4 saturated heterocycles. The second-order valence-corrected chi connectivity index (χ2v) is 31.9. The number of hydrogen-bond acceptors (Lipinski definition) is 10. The number of fused-ring (bicyclic) bond motifs is 12. The van der Waals surface area contributed by atoms with Crippen LogP contribution in [0.15, 0.2) is 100 Å². The van der Waals surface area contributed by atoms with Gasteiger partial charge in [-0.15, -0.1) is 0 Å². The van der Waals surface area contributed by atoms with Crippen molar-refractivity contribution >= 4 is 17.5 Å². The molecule has 1 amide bonds. The number of amides is 1. The fourth-order valence-corrected chi connectivity index (χ4v) is 22.5. The predicted molar refractivity (Wildman–Crippen MR) is 348 cm³/mol. The molecule has 2 aromatic carbocycles. The first-order valence-corrected chi connectivity index (χ1v) is 35.7. The molecule has 496 valence electrons. The standard InChI is InChI=1S/C48H59F3N2O5.C29H46N2O2/c1-28-23-42-43(30(3)47(58-42)21-19-36-37-17-16-34-25-35(54)18-20-46(34,4)39(37)26-38(36)29(47)2)53(27-28)22-8-11-41(55)40(52-45(57)48(49,50)51)24-31-12-14-33(15-13-31)44(56)32-9-6-5-7-10-32;1-17-13-26-27(31(16-17)12-11-30)19(3)29(33-26)10-8-22-23-6-5-20-14-21(32)7-9-28(20,4)25(23)15-24(22)18(29)2/h5-7,9-10,12-16,28,30,35-37,39-40,42-43,54H,8,11,17-27H2,1-4H3,(H,52,57);5,17,19,21-23,25-27,32H,6-16,30H2,1-4H3/t28-,30+,35-,36-,37-,39-,40-,42+,43-,46-,47-;17-,19+,21-,22-,23-,25-,26+,27-,28-,29-/m00/s1. The molecule has 8 fully saturated rings. The van der Waals surface area contributed by atoms with Gasteiger partial charge in [0.05, 0.1) is 41.7 Å². The maximum absolute atomic E-state index is 13.7. The van der Waals surface area contributed by atoms with Crippen LogP contribution in [0, 0.1) is 70.0 Å². The molecule has 0 unspecified atom stereocenters. The lowest BCUT2D eigenvalue weighted by atomic mass is 9.56. The number of hydrogen-bond donors (Lipinski definition) is 4. The van der Waals surface area contributed by atoms with Gasteiger partial charge in [0, 0.05) is 67.6 Å². The van der Waals surface area contributed by atoms with Crippen molar-refractivity contribution < 1.29 is 47.2 Å². The number of carbonyl (C=O) groups is 3. The van der Waals surface area contributed by atoms with Crippen molar-refractivity contribution in [3.63, 3.8) is 0 Å². The predicted octanol–water partition coefficient (Wildman–Crippen LogP) is 13.3. The number of carbonyl (C=O) groups excluding carboxylic acids is 3. The van der Waals surface area contributed by atoms with E-state index in [4.69, 9.17) is 15.2 Å². The first-order chi connectivity index (χ1) is 43.4. The summed E-state index contributed by atoms with van der Waals surface area (Å²) in [5, 5.41) is 22.8. The molecule has 14 heteroatoms. The number of halogens is 3. The maximum atomic E-state index is 13.7. The molecule has 4 aliphatic heterocycles. The number of piperidine rings is 2. The van der Waals surface area contributed by atoms with Crippen LogP contribution in [-0.2, 0) is 25.5 Å². The zero-order valence-corrected chi connectivity index (χ0v) is 55.7. The van der Waals surface area contributed by atoms with E-state index in [-0.39, 0.29) is 65.5 Å². The van der Waals surface area contributed by atoms with E-state index in [0.29, 0.717) is 82.7 Å². The van der Waals surface area contributed by atoms with E-state index in [1.54, 1.807) is 70.8 Å². The van der Waals surface area contributed by atoms with E-state index in [1.165, 1.54) is 49.8 Å². The molecule has 11 nitrogen and oxygen atoms in total.